The van der Waals surface area contributed by atoms with Gasteiger partial charge in [0.1, 0.15) is 0 Å². The maximum absolute atomic E-state index is 12.5. The Labute approximate surface area is 105 Å². The highest BCUT2D eigenvalue weighted by atomic mass is 19.4. The third kappa shape index (κ3) is 2.39. The van der Waals surface area contributed by atoms with Crippen LogP contribution in [-0.4, -0.2) is 6.54 Å². The lowest BCUT2D eigenvalue weighted by Gasteiger charge is -2.28. The van der Waals surface area contributed by atoms with Gasteiger partial charge in [0.25, 0.3) is 0 Å². The first-order valence-corrected chi connectivity index (χ1v) is 6.25. The Morgan fingerprint density at radius 2 is 1.89 bits per heavy atom. The highest BCUT2D eigenvalue weighted by Gasteiger charge is 2.38. The quantitative estimate of drug-likeness (QED) is 0.858. The van der Waals surface area contributed by atoms with Crippen LogP contribution in [0.15, 0.2) is 24.3 Å². The van der Waals surface area contributed by atoms with Gasteiger partial charge in [0, 0.05) is 12.0 Å². The van der Waals surface area contributed by atoms with Gasteiger partial charge in [-0.3, -0.25) is 0 Å². The van der Waals surface area contributed by atoms with E-state index in [0.29, 0.717) is 12.5 Å². The Kier molecular flexibility index (Phi) is 3.41. The van der Waals surface area contributed by atoms with E-state index in [1.54, 1.807) is 12.1 Å². The summed E-state index contributed by atoms with van der Waals surface area (Å²) in [7, 11) is 0. The van der Waals surface area contributed by atoms with Crippen molar-refractivity contribution in [1.82, 2.24) is 0 Å². The standard InChI is InChI=1S/C14H18F3N/c1-10-6-7-13(8-10,9-18)11-2-4-12(5-3-11)14(15,16)17/h2-5,10H,6-9,18H2,1H3. The Balaban J connectivity index is 2.28. The van der Waals surface area contributed by atoms with E-state index in [4.69, 9.17) is 5.73 Å². The summed E-state index contributed by atoms with van der Waals surface area (Å²) in [6.45, 7) is 2.67. The third-order valence-corrected chi connectivity index (χ3v) is 4.07. The van der Waals surface area contributed by atoms with Crippen LogP contribution < -0.4 is 5.73 Å². The Hall–Kier alpha value is -1.03. The van der Waals surface area contributed by atoms with Gasteiger partial charge in [0.05, 0.1) is 5.56 Å². The van der Waals surface area contributed by atoms with Crippen molar-refractivity contribution in [2.75, 3.05) is 6.54 Å². The van der Waals surface area contributed by atoms with Gasteiger partial charge in [-0.05, 0) is 42.9 Å². The SMILES string of the molecule is CC1CCC(CN)(c2ccc(C(F)(F)F)cc2)C1. The predicted molar refractivity (Wildman–Crippen MR) is 65.2 cm³/mol. The summed E-state index contributed by atoms with van der Waals surface area (Å²) in [5, 5.41) is 0. The van der Waals surface area contributed by atoms with Crippen molar-refractivity contribution >= 4 is 0 Å². The molecule has 0 heterocycles. The molecule has 100 valence electrons. The molecule has 1 aromatic rings. The molecule has 2 N–H and O–H groups in total. The van der Waals surface area contributed by atoms with Gasteiger partial charge in [-0.25, -0.2) is 0 Å². The summed E-state index contributed by atoms with van der Waals surface area (Å²) in [5.41, 5.74) is 6.10. The third-order valence-electron chi connectivity index (χ3n) is 4.07. The van der Waals surface area contributed by atoms with Gasteiger partial charge in [-0.2, -0.15) is 13.2 Å². The zero-order chi connectivity index (χ0) is 13.4. The van der Waals surface area contributed by atoms with Crippen molar-refractivity contribution in [3.8, 4) is 0 Å². The van der Waals surface area contributed by atoms with Crippen molar-refractivity contribution in [1.29, 1.82) is 0 Å². The fourth-order valence-electron chi connectivity index (χ4n) is 2.97. The molecule has 2 rings (SSSR count). The molecule has 0 radical (unpaired) electrons. The van der Waals surface area contributed by atoms with E-state index in [1.165, 1.54) is 0 Å². The number of hydrogen-bond acceptors (Lipinski definition) is 1. The molecule has 1 fully saturated rings. The topological polar surface area (TPSA) is 26.0 Å². The second-order valence-electron chi connectivity index (χ2n) is 5.41. The molecule has 0 aliphatic heterocycles. The minimum Gasteiger partial charge on any atom is -0.330 e. The fourth-order valence-corrected chi connectivity index (χ4v) is 2.97. The Morgan fingerprint density at radius 1 is 1.28 bits per heavy atom. The molecule has 0 amide bonds. The predicted octanol–water partition coefficient (Wildman–Crippen LogP) is 3.72. The summed E-state index contributed by atoms with van der Waals surface area (Å²) >= 11 is 0. The second kappa shape index (κ2) is 4.57. The van der Waals surface area contributed by atoms with Crippen molar-refractivity contribution in [3.05, 3.63) is 35.4 Å². The van der Waals surface area contributed by atoms with Crippen LogP contribution in [0.2, 0.25) is 0 Å². The Bertz CT molecular complexity index is 410. The second-order valence-corrected chi connectivity index (χ2v) is 5.41. The molecule has 0 bridgehead atoms. The smallest absolute Gasteiger partial charge is 0.330 e. The normalized spacial score (nSPS) is 28.6. The van der Waals surface area contributed by atoms with E-state index in [2.05, 4.69) is 6.92 Å². The molecule has 4 heteroatoms. The first-order chi connectivity index (χ1) is 8.37. The summed E-state index contributed by atoms with van der Waals surface area (Å²) in [6, 6.07) is 5.51. The van der Waals surface area contributed by atoms with E-state index >= 15 is 0 Å². The lowest BCUT2D eigenvalue weighted by molar-refractivity contribution is -0.137. The minimum atomic E-state index is -4.27. The molecular formula is C14H18F3N. The first kappa shape index (κ1) is 13.4. The largest absolute Gasteiger partial charge is 0.416 e. The van der Waals surface area contributed by atoms with Gasteiger partial charge in [-0.1, -0.05) is 19.1 Å². The van der Waals surface area contributed by atoms with Crippen molar-refractivity contribution in [3.63, 3.8) is 0 Å². The summed E-state index contributed by atoms with van der Waals surface area (Å²) in [4.78, 5) is 0. The highest BCUT2D eigenvalue weighted by Crippen LogP contribution is 2.43. The highest BCUT2D eigenvalue weighted by molar-refractivity contribution is 5.32. The lowest BCUT2D eigenvalue weighted by Crippen LogP contribution is -2.32. The lowest BCUT2D eigenvalue weighted by atomic mass is 9.78. The van der Waals surface area contributed by atoms with Crippen LogP contribution in [-0.2, 0) is 11.6 Å². The average molecular weight is 257 g/mol. The molecular weight excluding hydrogens is 239 g/mol. The van der Waals surface area contributed by atoms with Crippen LogP contribution in [0.4, 0.5) is 13.2 Å². The number of hydrogen-bond donors (Lipinski definition) is 1. The molecule has 2 atom stereocenters. The number of halogens is 3. The molecule has 0 spiro atoms. The molecule has 1 aromatic carbocycles. The van der Waals surface area contributed by atoms with Crippen LogP contribution in [0.25, 0.3) is 0 Å². The van der Waals surface area contributed by atoms with Crippen LogP contribution in [0, 0.1) is 5.92 Å². The van der Waals surface area contributed by atoms with Gasteiger partial charge < -0.3 is 5.73 Å². The zero-order valence-electron chi connectivity index (χ0n) is 10.4. The van der Waals surface area contributed by atoms with Crippen molar-refractivity contribution in [2.45, 2.75) is 37.8 Å². The van der Waals surface area contributed by atoms with Crippen molar-refractivity contribution < 1.29 is 13.2 Å². The van der Waals surface area contributed by atoms with Gasteiger partial charge in [0.15, 0.2) is 0 Å². The number of nitrogens with two attached hydrogens (primary N) is 1. The van der Waals surface area contributed by atoms with Crippen LogP contribution in [0.5, 0.6) is 0 Å². The van der Waals surface area contributed by atoms with E-state index in [0.717, 1.165) is 37.0 Å². The molecule has 18 heavy (non-hydrogen) atoms. The van der Waals surface area contributed by atoms with Gasteiger partial charge in [0.2, 0.25) is 0 Å². The monoisotopic (exact) mass is 257 g/mol. The van der Waals surface area contributed by atoms with Crippen LogP contribution in [0.3, 0.4) is 0 Å². The average Bonchev–Trinajstić information content (AvgIpc) is 2.71. The molecule has 1 saturated carbocycles. The maximum Gasteiger partial charge on any atom is 0.416 e. The van der Waals surface area contributed by atoms with Crippen molar-refractivity contribution in [2.24, 2.45) is 11.7 Å². The number of alkyl halides is 3. The van der Waals surface area contributed by atoms with Gasteiger partial charge in [-0.15, -0.1) is 0 Å². The Morgan fingerprint density at radius 3 is 2.28 bits per heavy atom. The summed E-state index contributed by atoms with van der Waals surface area (Å²) in [5.74, 6) is 0.593. The van der Waals surface area contributed by atoms with Gasteiger partial charge >= 0.3 is 6.18 Å². The molecule has 1 nitrogen and oxygen atoms in total. The van der Waals surface area contributed by atoms with Crippen LogP contribution in [0.1, 0.15) is 37.3 Å². The van der Waals surface area contributed by atoms with E-state index < -0.39 is 11.7 Å². The van der Waals surface area contributed by atoms with Crippen LogP contribution >= 0.6 is 0 Å². The minimum absolute atomic E-state index is 0.121. The molecule has 0 aromatic heterocycles. The molecule has 1 aliphatic rings. The zero-order valence-corrected chi connectivity index (χ0v) is 10.4. The maximum atomic E-state index is 12.5. The summed E-state index contributed by atoms with van der Waals surface area (Å²) in [6.07, 6.45) is -1.24. The molecule has 0 saturated heterocycles. The van der Waals surface area contributed by atoms with E-state index in [1.807, 2.05) is 0 Å². The molecule has 1 aliphatic carbocycles. The van der Waals surface area contributed by atoms with E-state index in [9.17, 15) is 13.2 Å². The molecule has 2 unspecified atom stereocenters. The fraction of sp³-hybridized carbons (Fsp3) is 0.571. The summed E-state index contributed by atoms with van der Waals surface area (Å²) < 4.78 is 37.5. The number of benzene rings is 1. The number of rotatable bonds is 2. The van der Waals surface area contributed by atoms with E-state index in [-0.39, 0.29) is 5.41 Å². The first-order valence-electron chi connectivity index (χ1n) is 6.25.